The second-order valence-corrected chi connectivity index (χ2v) is 9.64. The third kappa shape index (κ3) is 6.97. The highest BCUT2D eigenvalue weighted by atomic mass is 127. The molecule has 1 amide bonds. The zero-order chi connectivity index (χ0) is 23.6. The van der Waals surface area contributed by atoms with Crippen LogP contribution in [0.4, 0.5) is 10.6 Å². The van der Waals surface area contributed by atoms with Crippen molar-refractivity contribution in [2.45, 2.75) is 38.3 Å². The maximum atomic E-state index is 12.5. The molecule has 0 radical (unpaired) electrons. The number of nitrogens with zero attached hydrogens (tertiary/aromatic N) is 3. The number of carbonyl (C=O) groups excluding carboxylic acids is 1. The van der Waals surface area contributed by atoms with Crippen LogP contribution in [0.3, 0.4) is 0 Å². The highest BCUT2D eigenvalue weighted by Crippen LogP contribution is 2.29. The molecule has 0 unspecified atom stereocenters. The van der Waals surface area contributed by atoms with E-state index < -0.39 is 0 Å². The van der Waals surface area contributed by atoms with Crippen molar-refractivity contribution in [3.05, 3.63) is 65.3 Å². The van der Waals surface area contributed by atoms with Gasteiger partial charge in [0.25, 0.3) is 0 Å². The fourth-order valence-corrected chi connectivity index (χ4v) is 4.28. The van der Waals surface area contributed by atoms with E-state index in [0.29, 0.717) is 18.3 Å². The Kier molecular flexibility index (Phi) is 10.1. The molecule has 2 atom stereocenters. The van der Waals surface area contributed by atoms with Gasteiger partial charge < -0.3 is 15.0 Å². The average molecular weight is 597 g/mol. The third-order valence-electron chi connectivity index (χ3n) is 5.52. The van der Waals surface area contributed by atoms with Crippen molar-refractivity contribution in [3.8, 4) is 0 Å². The van der Waals surface area contributed by atoms with Gasteiger partial charge in [-0.3, -0.25) is 0 Å². The zero-order valence-electron chi connectivity index (χ0n) is 18.3. The van der Waals surface area contributed by atoms with Gasteiger partial charge in [-0.1, -0.05) is 78.4 Å². The number of aromatic nitrogens is 2. The van der Waals surface area contributed by atoms with Crippen molar-refractivity contribution in [2.75, 3.05) is 18.5 Å². The van der Waals surface area contributed by atoms with Gasteiger partial charge in [0.1, 0.15) is 0 Å². The van der Waals surface area contributed by atoms with Gasteiger partial charge in [0.2, 0.25) is 0 Å². The van der Waals surface area contributed by atoms with E-state index in [-0.39, 0.29) is 18.2 Å². The number of nitrogens with one attached hydrogen (secondary N) is 1. The highest BCUT2D eigenvalue weighted by molar-refractivity contribution is 14.1. The van der Waals surface area contributed by atoms with Crippen molar-refractivity contribution in [3.63, 3.8) is 0 Å². The van der Waals surface area contributed by atoms with E-state index >= 15 is 0 Å². The molecule has 2 aromatic carbocycles. The molecule has 1 aliphatic heterocycles. The monoisotopic (exact) mass is 596 g/mol. The van der Waals surface area contributed by atoms with Crippen LogP contribution in [0.1, 0.15) is 25.3 Å². The molecular weight excluding hydrogens is 571 g/mol. The lowest BCUT2D eigenvalue weighted by molar-refractivity contribution is 0.0746. The lowest BCUT2D eigenvalue weighted by Crippen LogP contribution is -2.50. The van der Waals surface area contributed by atoms with Gasteiger partial charge in [0.05, 0.1) is 6.61 Å². The molecule has 0 saturated carbocycles. The van der Waals surface area contributed by atoms with Gasteiger partial charge >= 0.3 is 6.09 Å². The maximum absolute atomic E-state index is 12.5. The Morgan fingerprint density at radius 2 is 1.88 bits per heavy atom. The largest absolute Gasteiger partial charge is 0.450 e. The number of carbonyl (C=O) groups is 1. The summed E-state index contributed by atoms with van der Waals surface area (Å²) < 4.78 is 6.86. The summed E-state index contributed by atoms with van der Waals surface area (Å²) in [6, 6.07) is 18.3. The first kappa shape index (κ1) is 25.6. The standard InChI is InChI=1S/C23H25ClN4O2.CHIS/c1-2-30-23(29)28-13-12-17(15-18(28)14-16-8-4-3-5-9-16)25-22-20-11-7-6-10-19(20)21(24)26-27-22;2-1-3/h3-11,17-18H,2,12-15H2,1H3,(H,25,27);1H/t17-,18-;/m0./s1. The summed E-state index contributed by atoms with van der Waals surface area (Å²) in [5, 5.41) is 14.2. The van der Waals surface area contributed by atoms with Crippen molar-refractivity contribution in [2.24, 2.45) is 0 Å². The molecular formula is C24H26ClIN4O2S. The molecule has 1 N–H and O–H groups in total. The molecule has 9 heteroatoms. The van der Waals surface area contributed by atoms with Crippen LogP contribution >= 0.6 is 46.4 Å². The van der Waals surface area contributed by atoms with Gasteiger partial charge in [-0.2, -0.15) is 0 Å². The first-order valence-corrected chi connectivity index (χ1v) is 12.9. The number of fused-ring (bicyclic) bond motifs is 1. The molecule has 1 aliphatic rings. The Morgan fingerprint density at radius 3 is 2.58 bits per heavy atom. The average Bonchev–Trinajstić information content (AvgIpc) is 2.83. The van der Waals surface area contributed by atoms with Crippen LogP contribution in [-0.4, -0.2) is 49.8 Å². The van der Waals surface area contributed by atoms with Crippen LogP contribution in [0, 0.1) is 0 Å². The fraction of sp³-hybridized carbons (Fsp3) is 0.333. The summed E-state index contributed by atoms with van der Waals surface area (Å²) >= 11 is 12.4. The maximum Gasteiger partial charge on any atom is 0.410 e. The van der Waals surface area contributed by atoms with E-state index in [1.54, 1.807) is 3.37 Å². The second-order valence-electron chi connectivity index (χ2n) is 7.58. The smallest absolute Gasteiger partial charge is 0.410 e. The minimum Gasteiger partial charge on any atom is -0.450 e. The SMILES string of the molecule is CCOC(=O)N1CC[C@H](Nc2nnc(Cl)c3ccccc23)C[C@@H]1Cc1ccccc1.S=CI. The molecule has 0 aliphatic carbocycles. The van der Waals surface area contributed by atoms with Crippen molar-refractivity contribution in [1.82, 2.24) is 15.1 Å². The number of ether oxygens (including phenoxy) is 1. The number of hydrogen-bond acceptors (Lipinski definition) is 6. The molecule has 1 fully saturated rings. The van der Waals surface area contributed by atoms with Crippen LogP contribution in [-0.2, 0) is 11.2 Å². The van der Waals surface area contributed by atoms with Crippen molar-refractivity contribution < 1.29 is 9.53 Å². The van der Waals surface area contributed by atoms with E-state index in [2.05, 4.69) is 39.9 Å². The summed E-state index contributed by atoms with van der Waals surface area (Å²) in [6.45, 7) is 2.84. The topological polar surface area (TPSA) is 67.3 Å². The fourth-order valence-electron chi connectivity index (χ4n) is 4.08. The lowest BCUT2D eigenvalue weighted by atomic mass is 9.92. The van der Waals surface area contributed by atoms with E-state index in [1.165, 1.54) is 5.56 Å². The van der Waals surface area contributed by atoms with Crippen molar-refractivity contribution >= 4 is 72.5 Å². The van der Waals surface area contributed by atoms with E-state index in [1.807, 2.05) is 76.9 Å². The predicted molar refractivity (Wildman–Crippen MR) is 147 cm³/mol. The summed E-state index contributed by atoms with van der Waals surface area (Å²) in [5.74, 6) is 0.725. The van der Waals surface area contributed by atoms with Crippen LogP contribution < -0.4 is 5.32 Å². The Balaban J connectivity index is 0.000000968. The molecule has 174 valence electrons. The van der Waals surface area contributed by atoms with Gasteiger partial charge in [-0.25, -0.2) is 4.79 Å². The lowest BCUT2D eigenvalue weighted by Gasteiger charge is -2.39. The normalized spacial score (nSPS) is 17.6. The van der Waals surface area contributed by atoms with Crippen LogP contribution in [0.15, 0.2) is 54.6 Å². The number of anilines is 1. The Bertz CT molecular complexity index is 1070. The number of piperidine rings is 1. The number of thiocarbonyl (C=S) groups is 1. The number of amides is 1. The molecule has 1 aromatic heterocycles. The van der Waals surface area contributed by atoms with Gasteiger partial charge in [0, 0.05) is 32.8 Å². The van der Waals surface area contributed by atoms with E-state index in [4.69, 9.17) is 16.3 Å². The minimum absolute atomic E-state index is 0.0456. The number of likely N-dealkylation sites (tertiary alicyclic amines) is 1. The number of halogens is 2. The third-order valence-corrected chi connectivity index (χ3v) is 5.79. The predicted octanol–water partition coefficient (Wildman–Crippen LogP) is 6.31. The summed E-state index contributed by atoms with van der Waals surface area (Å²) in [7, 11) is 0. The summed E-state index contributed by atoms with van der Waals surface area (Å²) in [4.78, 5) is 14.4. The number of rotatable bonds is 5. The highest BCUT2D eigenvalue weighted by Gasteiger charge is 2.33. The summed E-state index contributed by atoms with van der Waals surface area (Å²) in [6.07, 6.45) is 2.15. The zero-order valence-corrected chi connectivity index (χ0v) is 22.0. The quantitative estimate of drug-likeness (QED) is 0.212. The molecule has 6 nitrogen and oxygen atoms in total. The number of hydrogen-bond donors (Lipinski definition) is 1. The van der Waals surface area contributed by atoms with E-state index in [9.17, 15) is 4.79 Å². The van der Waals surface area contributed by atoms with Crippen LogP contribution in [0.25, 0.3) is 10.8 Å². The minimum atomic E-state index is -0.242. The molecule has 2 heterocycles. The Hall–Kier alpha value is -2.04. The van der Waals surface area contributed by atoms with Crippen LogP contribution in [0.5, 0.6) is 0 Å². The van der Waals surface area contributed by atoms with Crippen LogP contribution in [0.2, 0.25) is 5.15 Å². The Labute approximate surface area is 218 Å². The number of benzene rings is 2. The first-order chi connectivity index (χ1) is 16.1. The summed E-state index contributed by atoms with van der Waals surface area (Å²) in [5.41, 5.74) is 1.20. The first-order valence-electron chi connectivity index (χ1n) is 10.8. The van der Waals surface area contributed by atoms with Gasteiger partial charge in [0.15, 0.2) is 11.0 Å². The molecule has 0 spiro atoms. The molecule has 3 aromatic rings. The molecule has 1 saturated heterocycles. The van der Waals surface area contributed by atoms with Gasteiger partial charge in [-0.05, 0) is 54.3 Å². The molecule has 33 heavy (non-hydrogen) atoms. The van der Waals surface area contributed by atoms with E-state index in [0.717, 1.165) is 35.9 Å². The molecule has 4 rings (SSSR count). The second kappa shape index (κ2) is 13.0. The van der Waals surface area contributed by atoms with Crippen molar-refractivity contribution in [1.29, 1.82) is 0 Å². The Morgan fingerprint density at radius 1 is 1.21 bits per heavy atom. The van der Waals surface area contributed by atoms with Gasteiger partial charge in [-0.15, -0.1) is 10.2 Å². The molecule has 0 bridgehead atoms.